The van der Waals surface area contributed by atoms with Crippen LogP contribution >= 0.6 is 11.8 Å². The van der Waals surface area contributed by atoms with Crippen LogP contribution in [0.15, 0.2) is 53.7 Å². The summed E-state index contributed by atoms with van der Waals surface area (Å²) in [6.45, 7) is 4.80. The highest BCUT2D eigenvalue weighted by molar-refractivity contribution is 7.99. The van der Waals surface area contributed by atoms with E-state index < -0.39 is 0 Å². The minimum Gasteiger partial charge on any atom is -0.352 e. The summed E-state index contributed by atoms with van der Waals surface area (Å²) in [5.74, 6) is 1.95. The molecule has 3 rings (SSSR count). The second kappa shape index (κ2) is 9.69. The van der Waals surface area contributed by atoms with Crippen molar-refractivity contribution in [3.8, 4) is 11.1 Å². The molecule has 0 fully saturated rings. The molecule has 1 aromatic heterocycles. The number of nitrogens with one attached hydrogen (secondary N) is 1. The van der Waals surface area contributed by atoms with Gasteiger partial charge in [0.15, 0.2) is 5.16 Å². The van der Waals surface area contributed by atoms with E-state index in [2.05, 4.69) is 29.4 Å². The maximum Gasteiger partial charge on any atom is 0.251 e. The Hall–Kier alpha value is -2.67. The second-order valence-electron chi connectivity index (χ2n) is 7.26. The fourth-order valence-corrected chi connectivity index (χ4v) is 3.71. The number of hydrogen-bond donors (Lipinski definition) is 1. The van der Waals surface area contributed by atoms with E-state index in [4.69, 9.17) is 0 Å². The maximum atomic E-state index is 13.5. The van der Waals surface area contributed by atoms with Gasteiger partial charge in [0.2, 0.25) is 0 Å². The molecule has 0 radical (unpaired) electrons. The van der Waals surface area contributed by atoms with Gasteiger partial charge in [-0.1, -0.05) is 49.9 Å². The van der Waals surface area contributed by atoms with E-state index in [0.717, 1.165) is 27.9 Å². The van der Waals surface area contributed by atoms with Crippen LogP contribution in [0.3, 0.4) is 0 Å². The van der Waals surface area contributed by atoms with Crippen molar-refractivity contribution < 1.29 is 9.18 Å². The van der Waals surface area contributed by atoms with Gasteiger partial charge < -0.3 is 9.88 Å². The topological polar surface area (TPSA) is 59.8 Å². The molecule has 0 unspecified atom stereocenters. The fourth-order valence-electron chi connectivity index (χ4n) is 2.83. The van der Waals surface area contributed by atoms with E-state index in [1.165, 1.54) is 12.1 Å². The lowest BCUT2D eigenvalue weighted by Gasteiger charge is -2.08. The second-order valence-corrected chi connectivity index (χ2v) is 8.25. The minimum absolute atomic E-state index is 0.167. The number of carbonyl (C=O) groups excluding carboxylic acids is 1. The monoisotopic (exact) mass is 412 g/mol. The standard InChI is InChI=1S/C22H25FN4OS/c1-15(2)14-29-22-26-25-20(27(22)3)10-11-24-21(28)18-8-4-6-16(12-18)17-7-5-9-19(23)13-17/h4-9,12-13,15H,10-11,14H2,1-3H3,(H,24,28). The molecule has 5 nitrogen and oxygen atoms in total. The molecule has 0 atom stereocenters. The van der Waals surface area contributed by atoms with Crippen LogP contribution in [0.25, 0.3) is 11.1 Å². The third kappa shape index (κ3) is 5.67. The van der Waals surface area contributed by atoms with E-state index >= 15 is 0 Å². The van der Waals surface area contributed by atoms with Crippen LogP contribution in [-0.4, -0.2) is 33.0 Å². The predicted molar refractivity (Wildman–Crippen MR) is 114 cm³/mol. The van der Waals surface area contributed by atoms with Gasteiger partial charge in [-0.15, -0.1) is 10.2 Å². The maximum absolute atomic E-state index is 13.5. The molecule has 0 aliphatic rings. The molecule has 0 aliphatic heterocycles. The molecule has 0 bridgehead atoms. The first-order valence-corrected chi connectivity index (χ1v) is 10.6. The summed E-state index contributed by atoms with van der Waals surface area (Å²) in [5.41, 5.74) is 2.08. The SMILES string of the molecule is CC(C)CSc1nnc(CCNC(=O)c2cccc(-c3cccc(F)c3)c2)n1C. The quantitative estimate of drug-likeness (QED) is 0.559. The highest BCUT2D eigenvalue weighted by Crippen LogP contribution is 2.21. The normalized spacial score (nSPS) is 11.1. The van der Waals surface area contributed by atoms with Crippen LogP contribution in [0.5, 0.6) is 0 Å². The summed E-state index contributed by atoms with van der Waals surface area (Å²) >= 11 is 1.69. The number of rotatable bonds is 8. The number of thioether (sulfide) groups is 1. The Morgan fingerprint density at radius 2 is 1.86 bits per heavy atom. The average Bonchev–Trinajstić information content (AvgIpc) is 3.06. The third-order valence-corrected chi connectivity index (χ3v) is 5.83. The summed E-state index contributed by atoms with van der Waals surface area (Å²) in [7, 11) is 1.95. The zero-order valence-electron chi connectivity index (χ0n) is 16.9. The lowest BCUT2D eigenvalue weighted by Crippen LogP contribution is -2.26. The Balaban J connectivity index is 1.58. The summed E-state index contributed by atoms with van der Waals surface area (Å²) in [4.78, 5) is 12.5. The van der Waals surface area contributed by atoms with Crippen LogP contribution in [-0.2, 0) is 13.5 Å². The minimum atomic E-state index is -0.299. The zero-order valence-corrected chi connectivity index (χ0v) is 17.7. The van der Waals surface area contributed by atoms with Crippen LogP contribution in [0.1, 0.15) is 30.0 Å². The molecule has 2 aromatic carbocycles. The van der Waals surface area contributed by atoms with Crippen LogP contribution in [0, 0.1) is 11.7 Å². The zero-order chi connectivity index (χ0) is 20.8. The molecule has 0 aliphatic carbocycles. The highest BCUT2D eigenvalue weighted by atomic mass is 32.2. The molecule has 7 heteroatoms. The number of carbonyl (C=O) groups is 1. The molecule has 1 amide bonds. The first-order chi connectivity index (χ1) is 13.9. The van der Waals surface area contributed by atoms with Gasteiger partial charge in [-0.3, -0.25) is 4.79 Å². The van der Waals surface area contributed by atoms with E-state index in [-0.39, 0.29) is 11.7 Å². The van der Waals surface area contributed by atoms with E-state index in [9.17, 15) is 9.18 Å². The van der Waals surface area contributed by atoms with E-state index in [0.29, 0.717) is 24.4 Å². The lowest BCUT2D eigenvalue weighted by atomic mass is 10.0. The Bertz CT molecular complexity index is 986. The van der Waals surface area contributed by atoms with Gasteiger partial charge in [0.1, 0.15) is 11.6 Å². The first-order valence-electron chi connectivity index (χ1n) is 9.59. The van der Waals surface area contributed by atoms with Gasteiger partial charge in [0, 0.05) is 31.3 Å². The Labute approximate surface area is 174 Å². The molecule has 0 spiro atoms. The number of hydrogen-bond acceptors (Lipinski definition) is 4. The van der Waals surface area contributed by atoms with Crippen molar-refractivity contribution >= 4 is 17.7 Å². The Morgan fingerprint density at radius 1 is 1.14 bits per heavy atom. The number of halogens is 1. The first kappa shape index (κ1) is 21.0. The van der Waals surface area contributed by atoms with Crippen molar-refractivity contribution in [1.82, 2.24) is 20.1 Å². The van der Waals surface area contributed by atoms with Crippen molar-refractivity contribution in [2.75, 3.05) is 12.3 Å². The Morgan fingerprint density at radius 3 is 2.59 bits per heavy atom. The molecule has 152 valence electrons. The van der Waals surface area contributed by atoms with Gasteiger partial charge in [0.25, 0.3) is 5.91 Å². The number of benzene rings is 2. The van der Waals surface area contributed by atoms with Gasteiger partial charge in [-0.2, -0.15) is 0 Å². The molecular formula is C22H25FN4OS. The van der Waals surface area contributed by atoms with Gasteiger partial charge in [-0.05, 0) is 41.3 Å². The summed E-state index contributed by atoms with van der Waals surface area (Å²) < 4.78 is 15.4. The molecule has 1 N–H and O–H groups in total. The van der Waals surface area contributed by atoms with Gasteiger partial charge in [-0.25, -0.2) is 4.39 Å². The van der Waals surface area contributed by atoms with Gasteiger partial charge >= 0.3 is 0 Å². The van der Waals surface area contributed by atoms with Crippen molar-refractivity contribution in [2.24, 2.45) is 13.0 Å². The molecule has 0 saturated carbocycles. The van der Waals surface area contributed by atoms with Crippen LogP contribution in [0.2, 0.25) is 0 Å². The van der Waals surface area contributed by atoms with Crippen molar-refractivity contribution in [2.45, 2.75) is 25.4 Å². The summed E-state index contributed by atoms with van der Waals surface area (Å²) in [6, 6.07) is 13.5. The lowest BCUT2D eigenvalue weighted by molar-refractivity contribution is 0.0954. The highest BCUT2D eigenvalue weighted by Gasteiger charge is 2.11. The van der Waals surface area contributed by atoms with Crippen molar-refractivity contribution in [3.63, 3.8) is 0 Å². The molecule has 0 saturated heterocycles. The molecular weight excluding hydrogens is 387 g/mol. The number of nitrogens with zero attached hydrogens (tertiary/aromatic N) is 3. The van der Waals surface area contributed by atoms with Gasteiger partial charge in [0.05, 0.1) is 0 Å². The number of aromatic nitrogens is 3. The molecule has 3 aromatic rings. The molecule has 1 heterocycles. The molecule has 29 heavy (non-hydrogen) atoms. The van der Waals surface area contributed by atoms with Crippen LogP contribution < -0.4 is 5.32 Å². The van der Waals surface area contributed by atoms with Crippen molar-refractivity contribution in [3.05, 3.63) is 65.7 Å². The summed E-state index contributed by atoms with van der Waals surface area (Å²) in [5, 5.41) is 12.3. The average molecular weight is 413 g/mol. The third-order valence-electron chi connectivity index (χ3n) is 4.39. The van der Waals surface area contributed by atoms with Crippen LogP contribution in [0.4, 0.5) is 4.39 Å². The smallest absolute Gasteiger partial charge is 0.251 e. The van der Waals surface area contributed by atoms with Crippen molar-refractivity contribution in [1.29, 1.82) is 0 Å². The summed E-state index contributed by atoms with van der Waals surface area (Å²) in [6.07, 6.45) is 0.598. The number of amides is 1. The fraction of sp³-hybridized carbons (Fsp3) is 0.318. The Kier molecular flexibility index (Phi) is 7.04. The largest absolute Gasteiger partial charge is 0.352 e. The van der Waals surface area contributed by atoms with E-state index in [1.807, 2.05) is 23.7 Å². The predicted octanol–water partition coefficient (Wildman–Crippen LogP) is 4.34. The van der Waals surface area contributed by atoms with E-state index in [1.54, 1.807) is 36.0 Å².